The summed E-state index contributed by atoms with van der Waals surface area (Å²) < 4.78 is 5.22. The first-order valence-corrected chi connectivity index (χ1v) is 9.38. The zero-order chi connectivity index (χ0) is 19.3. The monoisotopic (exact) mass is 371 g/mol. The molecule has 3 N–H and O–H groups in total. The average Bonchev–Trinajstić information content (AvgIpc) is 3.19. The number of Topliss-reactive ketones (excluding diaryl/α,β-unsaturated/α-hetero) is 1. The van der Waals surface area contributed by atoms with Gasteiger partial charge in [0.25, 0.3) is 0 Å². The molecule has 0 saturated carbocycles. The van der Waals surface area contributed by atoms with Crippen molar-refractivity contribution in [3.63, 3.8) is 0 Å². The lowest BCUT2D eigenvalue weighted by Gasteiger charge is -2.15. The summed E-state index contributed by atoms with van der Waals surface area (Å²) in [6, 6.07) is 25.5. The second-order valence-corrected chi connectivity index (χ2v) is 6.79. The first-order chi connectivity index (χ1) is 13.8. The predicted molar refractivity (Wildman–Crippen MR) is 110 cm³/mol. The molecule has 0 spiro atoms. The van der Waals surface area contributed by atoms with Crippen molar-refractivity contribution in [1.29, 1.82) is 0 Å². The van der Waals surface area contributed by atoms with Gasteiger partial charge in [-0.3, -0.25) is 4.79 Å². The first kappa shape index (κ1) is 18.0. The summed E-state index contributed by atoms with van der Waals surface area (Å²) in [7, 11) is 1.66. The molecule has 4 heteroatoms. The number of hydrogen-bond acceptors (Lipinski definition) is 2. The summed E-state index contributed by atoms with van der Waals surface area (Å²) in [5.41, 5.74) is 3.86. The van der Waals surface area contributed by atoms with Crippen LogP contribution in [0.15, 0.2) is 85.1 Å². The van der Waals surface area contributed by atoms with Crippen LogP contribution in [0.3, 0.4) is 0 Å². The molecule has 4 nitrogen and oxygen atoms in total. The molecule has 0 aliphatic carbocycles. The highest BCUT2D eigenvalue weighted by Crippen LogP contribution is 2.23. The Morgan fingerprint density at radius 3 is 2.43 bits per heavy atom. The zero-order valence-electron chi connectivity index (χ0n) is 15.8. The molecule has 4 aromatic rings. The lowest BCUT2D eigenvalue weighted by atomic mass is 9.96. The third-order valence-corrected chi connectivity index (χ3v) is 5.04. The van der Waals surface area contributed by atoms with Crippen LogP contribution in [0, 0.1) is 0 Å². The van der Waals surface area contributed by atoms with Crippen molar-refractivity contribution >= 4 is 16.7 Å². The molecule has 0 aliphatic heterocycles. The fourth-order valence-corrected chi connectivity index (χ4v) is 3.51. The molecule has 0 fully saturated rings. The Bertz CT molecular complexity index is 1070. The molecule has 140 valence electrons. The third-order valence-electron chi connectivity index (χ3n) is 5.04. The average molecular weight is 371 g/mol. The number of aromatic nitrogens is 1. The number of ether oxygens (including phenoxy) is 1. The highest BCUT2D eigenvalue weighted by Gasteiger charge is 2.27. The van der Waals surface area contributed by atoms with E-state index < -0.39 is 0 Å². The van der Waals surface area contributed by atoms with Crippen LogP contribution < -0.4 is 10.1 Å². The van der Waals surface area contributed by atoms with Crippen molar-refractivity contribution in [3.8, 4) is 5.75 Å². The minimum absolute atomic E-state index is 0.108. The number of nitrogens with one attached hydrogen (secondary N) is 1. The van der Waals surface area contributed by atoms with Crippen LogP contribution in [-0.4, -0.2) is 17.9 Å². The van der Waals surface area contributed by atoms with Crippen molar-refractivity contribution in [3.05, 3.63) is 102 Å². The maximum Gasteiger partial charge on any atom is 0.226 e. The number of ketones is 1. The van der Waals surface area contributed by atoms with E-state index >= 15 is 0 Å². The first-order valence-electron chi connectivity index (χ1n) is 9.38. The molecule has 1 aromatic heterocycles. The van der Waals surface area contributed by atoms with Gasteiger partial charge in [-0.2, -0.15) is 0 Å². The van der Waals surface area contributed by atoms with E-state index in [0.29, 0.717) is 6.54 Å². The molecule has 0 bridgehead atoms. The third kappa shape index (κ3) is 3.68. The Balaban J connectivity index is 1.62. The lowest BCUT2D eigenvalue weighted by molar-refractivity contribution is -0.696. The Kier molecular flexibility index (Phi) is 5.22. The number of para-hydroxylation sites is 1. The highest BCUT2D eigenvalue weighted by atomic mass is 16.5. The number of carbonyl (C=O) groups excluding carboxylic acids is 1. The summed E-state index contributed by atoms with van der Waals surface area (Å²) >= 11 is 0. The molecule has 1 heterocycles. The van der Waals surface area contributed by atoms with Gasteiger partial charge in [0.2, 0.25) is 5.78 Å². The van der Waals surface area contributed by atoms with E-state index in [9.17, 15) is 4.79 Å². The summed E-state index contributed by atoms with van der Waals surface area (Å²) in [6.07, 6.45) is 1.82. The molecule has 0 radical (unpaired) electrons. The molecule has 0 aliphatic rings. The number of H-pyrrole nitrogens is 1. The van der Waals surface area contributed by atoms with Crippen LogP contribution in [-0.2, 0) is 6.54 Å². The quantitative estimate of drug-likeness (QED) is 0.485. The van der Waals surface area contributed by atoms with E-state index in [2.05, 4.69) is 10.3 Å². The molecule has 0 saturated heterocycles. The molecule has 28 heavy (non-hydrogen) atoms. The molecule has 4 rings (SSSR count). The number of methoxy groups -OCH3 is 1. The van der Waals surface area contributed by atoms with Crippen LogP contribution >= 0.6 is 0 Å². The fraction of sp³-hybridized carbons (Fsp3) is 0.125. The molecular formula is C24H23N2O2+. The van der Waals surface area contributed by atoms with Crippen LogP contribution in [0.1, 0.15) is 27.5 Å². The van der Waals surface area contributed by atoms with Crippen LogP contribution in [0.4, 0.5) is 0 Å². The van der Waals surface area contributed by atoms with Gasteiger partial charge in [-0.1, -0.05) is 48.5 Å². The Hall–Kier alpha value is -3.37. The second-order valence-electron chi connectivity index (χ2n) is 6.79. The van der Waals surface area contributed by atoms with Crippen LogP contribution in [0.5, 0.6) is 5.75 Å². The number of fused-ring (bicyclic) bond motifs is 1. The standard InChI is InChI=1S/C24H22N2O2/c1-28-19-13-11-17(12-14-19)15-26-23(18-7-3-2-4-8-18)24(27)21-16-25-22-10-6-5-9-20(21)22/h2-14,16,23,25-26H,15H2,1H3/p+1/t23-/m0/s1. The number of nitrogens with two attached hydrogens (primary N) is 1. The van der Waals surface area contributed by atoms with Crippen molar-refractivity contribution < 1.29 is 14.8 Å². The number of rotatable bonds is 7. The largest absolute Gasteiger partial charge is 0.497 e. The maximum atomic E-state index is 13.5. The number of hydrogen-bond donors (Lipinski definition) is 2. The summed E-state index contributed by atoms with van der Waals surface area (Å²) in [5, 5.41) is 3.06. The Labute approximate surface area is 164 Å². The number of carbonyl (C=O) groups is 1. The van der Waals surface area contributed by atoms with Gasteiger partial charge in [0.05, 0.1) is 7.11 Å². The fourth-order valence-electron chi connectivity index (χ4n) is 3.51. The van der Waals surface area contributed by atoms with Gasteiger partial charge in [-0.05, 0) is 30.3 Å². The Morgan fingerprint density at radius 2 is 1.68 bits per heavy atom. The summed E-state index contributed by atoms with van der Waals surface area (Å²) in [6.45, 7) is 0.706. The van der Waals surface area contributed by atoms with Gasteiger partial charge >= 0.3 is 0 Å². The summed E-state index contributed by atoms with van der Waals surface area (Å²) in [5.74, 6) is 0.940. The normalized spacial score (nSPS) is 12.0. The maximum absolute atomic E-state index is 13.5. The topological polar surface area (TPSA) is 58.7 Å². The van der Waals surface area contributed by atoms with Crippen molar-refractivity contribution in [2.75, 3.05) is 7.11 Å². The lowest BCUT2D eigenvalue weighted by Crippen LogP contribution is -2.85. The van der Waals surface area contributed by atoms with Gasteiger partial charge in [0, 0.05) is 33.8 Å². The SMILES string of the molecule is COc1ccc(C[NH2+][C@H](C(=O)c2c[nH]c3ccccc23)c2ccccc2)cc1. The molecule has 1 atom stereocenters. The van der Waals surface area contributed by atoms with Gasteiger partial charge in [-0.25, -0.2) is 0 Å². The van der Waals surface area contributed by atoms with Crippen molar-refractivity contribution in [1.82, 2.24) is 4.98 Å². The van der Waals surface area contributed by atoms with Crippen LogP contribution in [0.25, 0.3) is 10.9 Å². The smallest absolute Gasteiger partial charge is 0.226 e. The van der Waals surface area contributed by atoms with Gasteiger partial charge in [0.15, 0.2) is 6.04 Å². The van der Waals surface area contributed by atoms with Gasteiger partial charge in [-0.15, -0.1) is 0 Å². The van der Waals surface area contributed by atoms with E-state index in [1.54, 1.807) is 7.11 Å². The minimum atomic E-state index is -0.303. The van der Waals surface area contributed by atoms with E-state index in [-0.39, 0.29) is 11.8 Å². The summed E-state index contributed by atoms with van der Waals surface area (Å²) in [4.78, 5) is 16.7. The number of benzene rings is 3. The second kappa shape index (κ2) is 8.11. The zero-order valence-corrected chi connectivity index (χ0v) is 15.8. The van der Waals surface area contributed by atoms with Crippen LogP contribution in [0.2, 0.25) is 0 Å². The van der Waals surface area contributed by atoms with Gasteiger partial charge < -0.3 is 15.0 Å². The van der Waals surface area contributed by atoms with Gasteiger partial charge in [0.1, 0.15) is 12.3 Å². The minimum Gasteiger partial charge on any atom is -0.497 e. The molecule has 3 aromatic carbocycles. The van der Waals surface area contributed by atoms with Crippen molar-refractivity contribution in [2.24, 2.45) is 0 Å². The van der Waals surface area contributed by atoms with Crippen molar-refractivity contribution in [2.45, 2.75) is 12.6 Å². The molecule has 0 unspecified atom stereocenters. The highest BCUT2D eigenvalue weighted by molar-refractivity contribution is 6.09. The molecule has 0 amide bonds. The number of aromatic amines is 1. The van der Waals surface area contributed by atoms with E-state index in [4.69, 9.17) is 4.74 Å². The van der Waals surface area contributed by atoms with E-state index in [1.807, 2.05) is 85.1 Å². The number of quaternary nitrogens is 1. The Morgan fingerprint density at radius 1 is 0.964 bits per heavy atom. The van der Waals surface area contributed by atoms with E-state index in [1.165, 1.54) is 0 Å². The molecular weight excluding hydrogens is 348 g/mol. The van der Waals surface area contributed by atoms with E-state index in [0.717, 1.165) is 33.3 Å². The predicted octanol–water partition coefficient (Wildman–Crippen LogP) is 3.86.